The first kappa shape index (κ1) is 11.0. The molecule has 1 fully saturated rings. The largest absolute Gasteiger partial charge is 0.477 e. The predicted octanol–water partition coefficient (Wildman–Crippen LogP) is 3.01. The number of carboxylic acid groups (broad SMARTS) is 1. The van der Waals surface area contributed by atoms with E-state index in [1.54, 1.807) is 6.07 Å². The van der Waals surface area contributed by atoms with Crippen molar-refractivity contribution < 1.29 is 9.90 Å². The van der Waals surface area contributed by atoms with Gasteiger partial charge in [0.2, 0.25) is 0 Å². The number of hydrogen-bond acceptors (Lipinski definition) is 1. The van der Waals surface area contributed by atoms with Crippen molar-refractivity contribution in [2.45, 2.75) is 26.3 Å². The molecule has 0 radical (unpaired) electrons. The smallest absolute Gasteiger partial charge is 0.352 e. The normalized spacial score (nSPS) is 29.9. The molecular formula is C11H14INO2. The summed E-state index contributed by atoms with van der Waals surface area (Å²) in [5.74, 6) is 0.452. The van der Waals surface area contributed by atoms with Crippen LogP contribution in [0.5, 0.6) is 0 Å². The van der Waals surface area contributed by atoms with E-state index >= 15 is 0 Å². The van der Waals surface area contributed by atoms with Gasteiger partial charge in [0, 0.05) is 15.8 Å². The van der Waals surface area contributed by atoms with E-state index in [1.165, 1.54) is 0 Å². The molecule has 1 aromatic rings. The molecule has 0 aromatic carbocycles. The monoisotopic (exact) mass is 319 g/mol. The van der Waals surface area contributed by atoms with Crippen LogP contribution in [0.2, 0.25) is 0 Å². The molecule has 3 nitrogen and oxygen atoms in total. The quantitative estimate of drug-likeness (QED) is 0.852. The maximum Gasteiger partial charge on any atom is 0.352 e. The molecule has 0 amide bonds. The second-order valence-corrected chi connectivity index (χ2v) is 5.64. The van der Waals surface area contributed by atoms with Crippen molar-refractivity contribution >= 4 is 28.6 Å². The molecule has 3 atom stereocenters. The molecule has 0 bridgehead atoms. The third-order valence-corrected chi connectivity index (χ3v) is 4.10. The first-order valence-corrected chi connectivity index (χ1v) is 6.19. The van der Waals surface area contributed by atoms with E-state index in [0.29, 0.717) is 23.6 Å². The molecule has 1 aliphatic carbocycles. The molecule has 3 unspecified atom stereocenters. The van der Waals surface area contributed by atoms with Gasteiger partial charge >= 0.3 is 5.97 Å². The summed E-state index contributed by atoms with van der Waals surface area (Å²) in [4.78, 5) is 11.0. The lowest BCUT2D eigenvalue weighted by Crippen LogP contribution is -2.35. The average molecular weight is 319 g/mol. The number of rotatable bonds is 2. The SMILES string of the molecule is CC1CC(n2cc(I)cc2C(=O)O)C1C. The second-order valence-electron chi connectivity index (χ2n) is 4.40. The van der Waals surface area contributed by atoms with E-state index in [2.05, 4.69) is 36.4 Å². The van der Waals surface area contributed by atoms with Gasteiger partial charge in [-0.25, -0.2) is 4.79 Å². The highest BCUT2D eigenvalue weighted by atomic mass is 127. The van der Waals surface area contributed by atoms with Gasteiger partial charge in [-0.3, -0.25) is 0 Å². The summed E-state index contributed by atoms with van der Waals surface area (Å²) in [7, 11) is 0. The lowest BCUT2D eigenvalue weighted by atomic mass is 9.71. The minimum absolute atomic E-state index is 0.370. The Balaban J connectivity index is 2.32. The molecule has 15 heavy (non-hydrogen) atoms. The fraction of sp³-hybridized carbons (Fsp3) is 0.545. The Morgan fingerprint density at radius 1 is 1.60 bits per heavy atom. The molecule has 0 aliphatic heterocycles. The second kappa shape index (κ2) is 3.81. The third-order valence-electron chi connectivity index (χ3n) is 3.51. The van der Waals surface area contributed by atoms with Gasteiger partial charge in [-0.2, -0.15) is 0 Å². The Morgan fingerprint density at radius 3 is 2.73 bits per heavy atom. The molecule has 82 valence electrons. The lowest BCUT2D eigenvalue weighted by Gasteiger charge is -2.42. The molecule has 1 saturated carbocycles. The van der Waals surface area contributed by atoms with Crippen LogP contribution in [0.3, 0.4) is 0 Å². The van der Waals surface area contributed by atoms with Crippen molar-refractivity contribution in [1.29, 1.82) is 0 Å². The van der Waals surface area contributed by atoms with Crippen molar-refractivity contribution in [2.75, 3.05) is 0 Å². The molecule has 1 aliphatic rings. The summed E-state index contributed by atoms with van der Waals surface area (Å²) in [5, 5.41) is 9.08. The van der Waals surface area contributed by atoms with Crippen molar-refractivity contribution in [2.24, 2.45) is 11.8 Å². The zero-order valence-corrected chi connectivity index (χ0v) is 10.9. The zero-order chi connectivity index (χ0) is 11.2. The summed E-state index contributed by atoms with van der Waals surface area (Å²) in [6.45, 7) is 4.41. The highest BCUT2D eigenvalue weighted by Gasteiger charge is 2.37. The Hall–Kier alpha value is -0.520. The predicted molar refractivity (Wildman–Crippen MR) is 66.1 cm³/mol. The summed E-state index contributed by atoms with van der Waals surface area (Å²) < 4.78 is 2.92. The maximum atomic E-state index is 11.0. The zero-order valence-electron chi connectivity index (χ0n) is 8.77. The van der Waals surface area contributed by atoms with E-state index < -0.39 is 5.97 Å². The number of hydrogen-bond donors (Lipinski definition) is 1. The summed E-state index contributed by atoms with van der Waals surface area (Å²) in [5.41, 5.74) is 0.420. The average Bonchev–Trinajstić information content (AvgIpc) is 2.55. The topological polar surface area (TPSA) is 42.2 Å². The van der Waals surface area contributed by atoms with Crippen LogP contribution >= 0.6 is 22.6 Å². The standard InChI is InChI=1S/C11H14INO2/c1-6-3-9(7(6)2)13-5-8(12)4-10(13)11(14)15/h4-7,9H,3H2,1-2H3,(H,14,15). The number of nitrogens with zero attached hydrogens (tertiary/aromatic N) is 1. The summed E-state index contributed by atoms with van der Waals surface area (Å²) in [6.07, 6.45) is 3.03. The van der Waals surface area contributed by atoms with E-state index in [4.69, 9.17) is 5.11 Å². The lowest BCUT2D eigenvalue weighted by molar-refractivity contribution is 0.0648. The van der Waals surface area contributed by atoms with Crippen molar-refractivity contribution in [3.63, 3.8) is 0 Å². The van der Waals surface area contributed by atoms with Crippen LogP contribution in [0.25, 0.3) is 0 Å². The Bertz CT molecular complexity index is 399. The van der Waals surface area contributed by atoms with Gasteiger partial charge in [-0.15, -0.1) is 0 Å². The first-order valence-electron chi connectivity index (χ1n) is 5.11. The van der Waals surface area contributed by atoms with E-state index in [0.717, 1.165) is 9.99 Å². The van der Waals surface area contributed by atoms with Crippen LogP contribution in [-0.4, -0.2) is 15.6 Å². The van der Waals surface area contributed by atoms with Crippen LogP contribution in [0.4, 0.5) is 0 Å². The van der Waals surface area contributed by atoms with Gasteiger partial charge < -0.3 is 9.67 Å². The molecule has 4 heteroatoms. The minimum Gasteiger partial charge on any atom is -0.477 e. The maximum absolute atomic E-state index is 11.0. The Kier molecular flexibility index (Phi) is 2.79. The number of carbonyl (C=O) groups is 1. The van der Waals surface area contributed by atoms with Crippen molar-refractivity contribution in [1.82, 2.24) is 4.57 Å². The van der Waals surface area contributed by atoms with E-state index in [-0.39, 0.29) is 0 Å². The molecule has 2 rings (SSSR count). The Labute approximate surface area is 103 Å². The number of carboxylic acids is 1. The first-order chi connectivity index (χ1) is 7.00. The van der Waals surface area contributed by atoms with Crippen molar-refractivity contribution in [3.8, 4) is 0 Å². The van der Waals surface area contributed by atoms with Crippen LogP contribution in [0.15, 0.2) is 12.3 Å². The molecule has 0 spiro atoms. The number of halogens is 1. The van der Waals surface area contributed by atoms with Crippen LogP contribution < -0.4 is 0 Å². The van der Waals surface area contributed by atoms with Gasteiger partial charge in [0.15, 0.2) is 0 Å². The van der Waals surface area contributed by atoms with Crippen molar-refractivity contribution in [3.05, 3.63) is 21.5 Å². The molecule has 1 heterocycles. The number of aromatic nitrogens is 1. The molecular weight excluding hydrogens is 305 g/mol. The third kappa shape index (κ3) is 1.79. The molecule has 1 N–H and O–H groups in total. The van der Waals surface area contributed by atoms with Gasteiger partial charge in [-0.05, 0) is 46.9 Å². The highest BCUT2D eigenvalue weighted by Crippen LogP contribution is 2.44. The molecule has 1 aromatic heterocycles. The van der Waals surface area contributed by atoms with Gasteiger partial charge in [0.05, 0.1) is 0 Å². The van der Waals surface area contributed by atoms with Gasteiger partial charge in [0.25, 0.3) is 0 Å². The highest BCUT2D eigenvalue weighted by molar-refractivity contribution is 14.1. The molecule has 0 saturated heterocycles. The van der Waals surface area contributed by atoms with Crippen LogP contribution in [-0.2, 0) is 0 Å². The fourth-order valence-corrected chi connectivity index (χ4v) is 2.85. The van der Waals surface area contributed by atoms with Gasteiger partial charge in [0.1, 0.15) is 5.69 Å². The summed E-state index contributed by atoms with van der Waals surface area (Å²) >= 11 is 2.16. The van der Waals surface area contributed by atoms with Gasteiger partial charge in [-0.1, -0.05) is 13.8 Å². The number of aromatic carboxylic acids is 1. The minimum atomic E-state index is -0.829. The van der Waals surface area contributed by atoms with Crippen LogP contribution in [0, 0.1) is 15.4 Å². The van der Waals surface area contributed by atoms with E-state index in [9.17, 15) is 4.79 Å². The fourth-order valence-electron chi connectivity index (χ4n) is 2.25. The summed E-state index contributed by atoms with van der Waals surface area (Å²) in [6, 6.07) is 2.10. The Morgan fingerprint density at radius 2 is 2.27 bits per heavy atom. The van der Waals surface area contributed by atoms with Crippen LogP contribution in [0.1, 0.15) is 36.8 Å². The van der Waals surface area contributed by atoms with E-state index in [1.807, 2.05) is 10.8 Å².